The minimum atomic E-state index is -0.146. The number of aryl methyl sites for hydroxylation is 2. The number of halogens is 1. The quantitative estimate of drug-likeness (QED) is 0.877. The zero-order valence-electron chi connectivity index (χ0n) is 12.1. The molecule has 0 bridgehead atoms. The summed E-state index contributed by atoms with van der Waals surface area (Å²) in [4.78, 5) is 0. The lowest BCUT2D eigenvalue weighted by molar-refractivity contribution is 0.0998. The largest absolute Gasteiger partial charge is 0.378 e. The van der Waals surface area contributed by atoms with Crippen molar-refractivity contribution in [3.05, 3.63) is 34.6 Å². The molecular formula is C16H24FNO. The first-order valence-electron chi connectivity index (χ1n) is 7.17. The van der Waals surface area contributed by atoms with Gasteiger partial charge in [0, 0.05) is 12.6 Å². The molecule has 1 aliphatic rings. The van der Waals surface area contributed by atoms with Crippen LogP contribution in [0.25, 0.3) is 0 Å². The third-order valence-electron chi connectivity index (χ3n) is 4.06. The Labute approximate surface area is 115 Å². The molecule has 0 saturated carbocycles. The van der Waals surface area contributed by atoms with Crippen LogP contribution < -0.4 is 5.32 Å². The highest BCUT2D eigenvalue weighted by Crippen LogP contribution is 2.28. The Kier molecular flexibility index (Phi) is 4.94. The van der Waals surface area contributed by atoms with Gasteiger partial charge in [0.1, 0.15) is 5.82 Å². The van der Waals surface area contributed by atoms with Crippen LogP contribution in [-0.2, 0) is 4.74 Å². The van der Waals surface area contributed by atoms with Crippen LogP contribution in [0.15, 0.2) is 12.1 Å². The van der Waals surface area contributed by atoms with Gasteiger partial charge in [-0.25, -0.2) is 4.39 Å². The van der Waals surface area contributed by atoms with E-state index in [9.17, 15) is 4.39 Å². The van der Waals surface area contributed by atoms with Crippen molar-refractivity contribution in [2.45, 2.75) is 51.7 Å². The maximum absolute atomic E-state index is 13.4. The van der Waals surface area contributed by atoms with Crippen LogP contribution in [0.1, 0.15) is 48.4 Å². The molecule has 1 aliphatic heterocycles. The van der Waals surface area contributed by atoms with Gasteiger partial charge in [0.25, 0.3) is 0 Å². The van der Waals surface area contributed by atoms with Gasteiger partial charge in [-0.1, -0.05) is 0 Å². The smallest absolute Gasteiger partial charge is 0.123 e. The van der Waals surface area contributed by atoms with Crippen molar-refractivity contribution in [3.63, 3.8) is 0 Å². The number of nitrogens with one attached hydrogen (secondary N) is 1. The number of rotatable bonds is 5. The highest BCUT2D eigenvalue weighted by molar-refractivity contribution is 5.36. The molecule has 19 heavy (non-hydrogen) atoms. The van der Waals surface area contributed by atoms with Gasteiger partial charge in [0.05, 0.1) is 6.10 Å². The second kappa shape index (κ2) is 6.49. The molecule has 0 amide bonds. The molecule has 2 nitrogen and oxygen atoms in total. The lowest BCUT2D eigenvalue weighted by Crippen LogP contribution is -2.20. The van der Waals surface area contributed by atoms with E-state index in [0.717, 1.165) is 30.6 Å². The molecule has 2 rings (SSSR count). The molecule has 1 heterocycles. The Morgan fingerprint density at radius 1 is 1.37 bits per heavy atom. The number of benzene rings is 1. The van der Waals surface area contributed by atoms with Gasteiger partial charge in [0.15, 0.2) is 0 Å². The summed E-state index contributed by atoms with van der Waals surface area (Å²) in [5.41, 5.74) is 3.30. The fourth-order valence-corrected chi connectivity index (χ4v) is 3.13. The molecule has 0 aromatic heterocycles. The second-order valence-electron chi connectivity index (χ2n) is 5.51. The van der Waals surface area contributed by atoms with E-state index in [1.54, 1.807) is 12.1 Å². The van der Waals surface area contributed by atoms with E-state index in [0.29, 0.717) is 6.10 Å². The molecule has 0 aliphatic carbocycles. The van der Waals surface area contributed by atoms with Crippen molar-refractivity contribution in [3.8, 4) is 0 Å². The van der Waals surface area contributed by atoms with Crippen LogP contribution in [0, 0.1) is 19.7 Å². The monoisotopic (exact) mass is 265 g/mol. The summed E-state index contributed by atoms with van der Waals surface area (Å²) in [6, 6.07) is 3.53. The second-order valence-corrected chi connectivity index (χ2v) is 5.51. The third kappa shape index (κ3) is 3.54. The van der Waals surface area contributed by atoms with Gasteiger partial charge in [-0.15, -0.1) is 0 Å². The lowest BCUT2D eigenvalue weighted by Gasteiger charge is -2.22. The minimum absolute atomic E-state index is 0.146. The number of hydrogen-bond acceptors (Lipinski definition) is 2. The first-order chi connectivity index (χ1) is 9.11. The molecule has 1 N–H and O–H groups in total. The van der Waals surface area contributed by atoms with Crippen LogP contribution in [0.4, 0.5) is 4.39 Å². The predicted molar refractivity (Wildman–Crippen MR) is 75.9 cm³/mol. The van der Waals surface area contributed by atoms with Crippen LogP contribution in [0.2, 0.25) is 0 Å². The third-order valence-corrected chi connectivity index (χ3v) is 4.06. The van der Waals surface area contributed by atoms with Crippen LogP contribution >= 0.6 is 0 Å². The summed E-state index contributed by atoms with van der Waals surface area (Å²) in [6.07, 6.45) is 4.88. The molecule has 106 valence electrons. The molecule has 1 fully saturated rings. The Balaban J connectivity index is 2.08. The molecule has 2 unspecified atom stereocenters. The molecule has 1 saturated heterocycles. The van der Waals surface area contributed by atoms with E-state index in [1.807, 2.05) is 20.9 Å². The molecule has 1 aromatic carbocycles. The maximum Gasteiger partial charge on any atom is 0.123 e. The minimum Gasteiger partial charge on any atom is -0.378 e. The zero-order chi connectivity index (χ0) is 13.8. The van der Waals surface area contributed by atoms with E-state index in [4.69, 9.17) is 4.74 Å². The molecule has 2 atom stereocenters. The average molecular weight is 265 g/mol. The van der Waals surface area contributed by atoms with Crippen LogP contribution in [-0.4, -0.2) is 19.8 Å². The van der Waals surface area contributed by atoms with Gasteiger partial charge >= 0.3 is 0 Å². The highest BCUT2D eigenvalue weighted by Gasteiger charge is 2.20. The highest BCUT2D eigenvalue weighted by atomic mass is 19.1. The Hall–Kier alpha value is -0.930. The summed E-state index contributed by atoms with van der Waals surface area (Å²) in [7, 11) is 1.97. The predicted octanol–water partition coefficient (Wildman–Crippen LogP) is 3.66. The summed E-state index contributed by atoms with van der Waals surface area (Å²) < 4.78 is 19.0. The first-order valence-corrected chi connectivity index (χ1v) is 7.17. The average Bonchev–Trinajstić information content (AvgIpc) is 2.85. The Morgan fingerprint density at radius 3 is 2.58 bits per heavy atom. The van der Waals surface area contributed by atoms with Gasteiger partial charge in [-0.3, -0.25) is 0 Å². The SMILES string of the molecule is CNC(CCC1CCCO1)c1c(C)cc(F)cc1C. The van der Waals surface area contributed by atoms with Crippen molar-refractivity contribution in [1.29, 1.82) is 0 Å². The van der Waals surface area contributed by atoms with E-state index in [1.165, 1.54) is 18.4 Å². The van der Waals surface area contributed by atoms with Gasteiger partial charge in [0.2, 0.25) is 0 Å². The van der Waals surface area contributed by atoms with E-state index in [2.05, 4.69) is 5.32 Å². The lowest BCUT2D eigenvalue weighted by atomic mass is 9.92. The summed E-state index contributed by atoms with van der Waals surface area (Å²) >= 11 is 0. The topological polar surface area (TPSA) is 21.3 Å². The first kappa shape index (κ1) is 14.5. The fraction of sp³-hybridized carbons (Fsp3) is 0.625. The van der Waals surface area contributed by atoms with Crippen molar-refractivity contribution in [2.24, 2.45) is 0 Å². The van der Waals surface area contributed by atoms with Crippen LogP contribution in [0.5, 0.6) is 0 Å². The maximum atomic E-state index is 13.4. The summed E-state index contributed by atoms with van der Waals surface area (Å²) in [5, 5.41) is 3.37. The van der Waals surface area contributed by atoms with Crippen molar-refractivity contribution >= 4 is 0 Å². The molecular weight excluding hydrogens is 241 g/mol. The zero-order valence-corrected chi connectivity index (χ0v) is 12.1. The molecule has 0 radical (unpaired) electrons. The number of ether oxygens (including phenoxy) is 1. The van der Waals surface area contributed by atoms with Crippen molar-refractivity contribution < 1.29 is 9.13 Å². The van der Waals surface area contributed by atoms with Crippen LogP contribution in [0.3, 0.4) is 0 Å². The van der Waals surface area contributed by atoms with E-state index in [-0.39, 0.29) is 11.9 Å². The fourth-order valence-electron chi connectivity index (χ4n) is 3.13. The van der Waals surface area contributed by atoms with E-state index >= 15 is 0 Å². The molecule has 3 heteroatoms. The van der Waals surface area contributed by atoms with Gasteiger partial charge in [-0.05, 0) is 75.4 Å². The van der Waals surface area contributed by atoms with Crippen molar-refractivity contribution in [2.75, 3.05) is 13.7 Å². The summed E-state index contributed by atoms with van der Waals surface area (Å²) in [5.74, 6) is -0.146. The van der Waals surface area contributed by atoms with Gasteiger partial charge in [-0.2, -0.15) is 0 Å². The molecule has 0 spiro atoms. The number of hydrogen-bond donors (Lipinski definition) is 1. The van der Waals surface area contributed by atoms with Crippen molar-refractivity contribution in [1.82, 2.24) is 5.32 Å². The van der Waals surface area contributed by atoms with E-state index < -0.39 is 0 Å². The summed E-state index contributed by atoms with van der Waals surface area (Å²) in [6.45, 7) is 4.88. The normalized spacial score (nSPS) is 20.7. The standard InChI is InChI=1S/C16H24FNO/c1-11-9-13(17)10-12(2)16(11)15(18-3)7-6-14-5-4-8-19-14/h9-10,14-15,18H,4-8H2,1-3H3. The Bertz CT molecular complexity index is 404. The molecule has 1 aromatic rings. The van der Waals surface area contributed by atoms with Gasteiger partial charge < -0.3 is 10.1 Å². The Morgan fingerprint density at radius 2 is 2.05 bits per heavy atom.